The lowest BCUT2D eigenvalue weighted by Crippen LogP contribution is -2.22. The first-order chi connectivity index (χ1) is 16.0. The summed E-state index contributed by atoms with van der Waals surface area (Å²) in [6, 6.07) is 25.6. The number of nitrogens with zero attached hydrogens (tertiary/aromatic N) is 3. The van der Waals surface area contributed by atoms with Crippen molar-refractivity contribution >= 4 is 28.4 Å². The smallest absolute Gasteiger partial charge is 0.0991 e. The summed E-state index contributed by atoms with van der Waals surface area (Å²) < 4.78 is 2.35. The molecule has 5 rings (SSSR count). The van der Waals surface area contributed by atoms with Gasteiger partial charge in [0.05, 0.1) is 17.1 Å². The molecule has 33 heavy (non-hydrogen) atoms. The summed E-state index contributed by atoms with van der Waals surface area (Å²) in [7, 11) is 0. The number of benzene rings is 3. The number of rotatable bonds is 3. The largest absolute Gasteiger partial charge is 0.314 e. The van der Waals surface area contributed by atoms with Crippen LogP contribution in [0.25, 0.3) is 22.7 Å². The van der Waals surface area contributed by atoms with Gasteiger partial charge >= 0.3 is 0 Å². The lowest BCUT2D eigenvalue weighted by atomic mass is 9.95. The van der Waals surface area contributed by atoms with Crippen molar-refractivity contribution in [2.75, 3.05) is 4.90 Å². The SMILES string of the molecule is C/C=C\c1c(C)n(-c2cccc(N3C(C)=C(C)Cc4cc(C#N)ccc43)c2)c2ccccc12. The topological polar surface area (TPSA) is 32.0 Å². The second-order valence-corrected chi connectivity index (χ2v) is 8.70. The highest BCUT2D eigenvalue weighted by Gasteiger charge is 2.23. The molecule has 0 fully saturated rings. The van der Waals surface area contributed by atoms with E-state index >= 15 is 0 Å². The van der Waals surface area contributed by atoms with Crippen LogP contribution in [0.1, 0.15) is 43.2 Å². The van der Waals surface area contributed by atoms with Crippen LogP contribution in [0, 0.1) is 18.3 Å². The summed E-state index contributed by atoms with van der Waals surface area (Å²) in [5.74, 6) is 0. The molecule has 0 saturated heterocycles. The van der Waals surface area contributed by atoms with Crippen LogP contribution in [-0.2, 0) is 6.42 Å². The van der Waals surface area contributed by atoms with Gasteiger partial charge in [0.15, 0.2) is 0 Å². The Morgan fingerprint density at radius 1 is 0.909 bits per heavy atom. The molecule has 3 heteroatoms. The van der Waals surface area contributed by atoms with E-state index in [-0.39, 0.29) is 0 Å². The molecule has 0 bridgehead atoms. The molecule has 0 saturated carbocycles. The van der Waals surface area contributed by atoms with E-state index < -0.39 is 0 Å². The maximum atomic E-state index is 9.37. The normalized spacial score (nSPS) is 13.6. The fourth-order valence-electron chi connectivity index (χ4n) is 5.01. The molecule has 1 aromatic heterocycles. The van der Waals surface area contributed by atoms with Crippen molar-refractivity contribution in [2.45, 2.75) is 34.1 Å². The van der Waals surface area contributed by atoms with Crippen molar-refractivity contribution in [2.24, 2.45) is 0 Å². The molecule has 0 amide bonds. The Balaban J connectivity index is 1.70. The summed E-state index contributed by atoms with van der Waals surface area (Å²) >= 11 is 0. The summed E-state index contributed by atoms with van der Waals surface area (Å²) in [4.78, 5) is 2.33. The van der Waals surface area contributed by atoms with Gasteiger partial charge in [0, 0.05) is 39.4 Å². The van der Waals surface area contributed by atoms with E-state index in [4.69, 9.17) is 0 Å². The minimum absolute atomic E-state index is 0.709. The van der Waals surface area contributed by atoms with Crippen LogP contribution in [0.3, 0.4) is 0 Å². The predicted molar refractivity (Wildman–Crippen MR) is 138 cm³/mol. The van der Waals surface area contributed by atoms with Gasteiger partial charge in [-0.15, -0.1) is 0 Å². The second kappa shape index (κ2) is 8.15. The highest BCUT2D eigenvalue weighted by atomic mass is 15.2. The molecule has 2 heterocycles. The standard InChI is InChI=1S/C30H27N3/c1-5-9-27-22(4)33(30-13-7-6-12-28(27)30)26-11-8-10-25(18-26)32-21(3)20(2)16-24-17-23(19-31)14-15-29(24)32/h5-15,17-18H,16H2,1-4H3/b9-5-. The molecule has 162 valence electrons. The molecule has 1 aliphatic heterocycles. The molecule has 0 radical (unpaired) electrons. The maximum Gasteiger partial charge on any atom is 0.0991 e. The average molecular weight is 430 g/mol. The Kier molecular flexibility index (Phi) is 5.15. The second-order valence-electron chi connectivity index (χ2n) is 8.70. The summed E-state index contributed by atoms with van der Waals surface area (Å²) in [5, 5.41) is 10.6. The van der Waals surface area contributed by atoms with Gasteiger partial charge in [-0.25, -0.2) is 0 Å². The molecular formula is C30H27N3. The molecule has 1 aliphatic rings. The molecule has 0 N–H and O–H groups in total. The third-order valence-electron chi connectivity index (χ3n) is 6.70. The first kappa shape index (κ1) is 20.8. The fraction of sp³-hybridized carbons (Fsp3) is 0.167. The quantitative estimate of drug-likeness (QED) is 0.332. The molecule has 3 nitrogen and oxygen atoms in total. The lowest BCUT2D eigenvalue weighted by molar-refractivity contribution is 0.975. The highest BCUT2D eigenvalue weighted by Crippen LogP contribution is 2.40. The predicted octanol–water partition coefficient (Wildman–Crippen LogP) is 7.83. The molecule has 0 aliphatic carbocycles. The number of fused-ring (bicyclic) bond motifs is 2. The molecule has 0 atom stereocenters. The lowest BCUT2D eigenvalue weighted by Gasteiger charge is -2.34. The van der Waals surface area contributed by atoms with Gasteiger partial charge in [-0.05, 0) is 87.7 Å². The van der Waals surface area contributed by atoms with Gasteiger partial charge in [-0.1, -0.05) is 36.4 Å². The highest BCUT2D eigenvalue weighted by molar-refractivity contribution is 5.93. The van der Waals surface area contributed by atoms with Crippen molar-refractivity contribution in [3.8, 4) is 11.8 Å². The zero-order valence-corrected chi connectivity index (χ0v) is 19.6. The van der Waals surface area contributed by atoms with E-state index in [1.807, 2.05) is 12.1 Å². The van der Waals surface area contributed by atoms with Crippen LogP contribution in [0.5, 0.6) is 0 Å². The zero-order valence-electron chi connectivity index (χ0n) is 19.6. The van der Waals surface area contributed by atoms with E-state index in [0.717, 1.165) is 23.5 Å². The van der Waals surface area contributed by atoms with Crippen molar-refractivity contribution in [1.82, 2.24) is 4.57 Å². The van der Waals surface area contributed by atoms with Gasteiger partial charge in [-0.2, -0.15) is 5.26 Å². The van der Waals surface area contributed by atoms with Crippen LogP contribution in [0.4, 0.5) is 11.4 Å². The van der Waals surface area contributed by atoms with E-state index in [1.54, 1.807) is 0 Å². The monoisotopic (exact) mass is 429 g/mol. The zero-order chi connectivity index (χ0) is 23.1. The number of hydrogen-bond acceptors (Lipinski definition) is 2. The number of anilines is 2. The minimum Gasteiger partial charge on any atom is -0.314 e. The van der Waals surface area contributed by atoms with E-state index in [1.165, 1.54) is 39.0 Å². The first-order valence-electron chi connectivity index (χ1n) is 11.4. The van der Waals surface area contributed by atoms with Crippen LogP contribution in [-0.4, -0.2) is 4.57 Å². The third kappa shape index (κ3) is 3.36. The summed E-state index contributed by atoms with van der Waals surface area (Å²) in [5.41, 5.74) is 11.6. The van der Waals surface area contributed by atoms with Crippen molar-refractivity contribution in [1.29, 1.82) is 5.26 Å². The number of hydrogen-bond donors (Lipinski definition) is 0. The molecule has 0 unspecified atom stereocenters. The minimum atomic E-state index is 0.709. The van der Waals surface area contributed by atoms with Crippen molar-refractivity contribution in [3.05, 3.63) is 106 Å². The van der Waals surface area contributed by atoms with Gasteiger partial charge in [0.25, 0.3) is 0 Å². The Labute approximate surface area is 195 Å². The van der Waals surface area contributed by atoms with Gasteiger partial charge in [0.1, 0.15) is 0 Å². The fourth-order valence-corrected chi connectivity index (χ4v) is 5.01. The molecule has 4 aromatic rings. The summed E-state index contributed by atoms with van der Waals surface area (Å²) in [6.07, 6.45) is 5.18. The van der Waals surface area contributed by atoms with E-state index in [2.05, 4.69) is 110 Å². The first-order valence-corrected chi connectivity index (χ1v) is 11.4. The van der Waals surface area contributed by atoms with Crippen molar-refractivity contribution < 1.29 is 0 Å². The average Bonchev–Trinajstić information content (AvgIpc) is 3.11. The number of allylic oxidation sites excluding steroid dienone is 3. The van der Waals surface area contributed by atoms with Gasteiger partial charge < -0.3 is 9.47 Å². The Morgan fingerprint density at radius 2 is 1.70 bits per heavy atom. The molecular weight excluding hydrogens is 402 g/mol. The van der Waals surface area contributed by atoms with Crippen LogP contribution in [0.2, 0.25) is 0 Å². The van der Waals surface area contributed by atoms with Crippen LogP contribution in [0.15, 0.2) is 84.1 Å². The molecule has 0 spiro atoms. The number of aromatic nitrogens is 1. The van der Waals surface area contributed by atoms with Crippen molar-refractivity contribution in [3.63, 3.8) is 0 Å². The van der Waals surface area contributed by atoms with E-state index in [9.17, 15) is 5.26 Å². The van der Waals surface area contributed by atoms with Crippen LogP contribution >= 0.6 is 0 Å². The van der Waals surface area contributed by atoms with Gasteiger partial charge in [0.2, 0.25) is 0 Å². The third-order valence-corrected chi connectivity index (χ3v) is 6.70. The number of para-hydroxylation sites is 1. The summed E-state index contributed by atoms with van der Waals surface area (Å²) in [6.45, 7) is 8.62. The Bertz CT molecular complexity index is 1490. The number of nitriles is 1. The van der Waals surface area contributed by atoms with Crippen LogP contribution < -0.4 is 4.90 Å². The Hall–Kier alpha value is -4.03. The van der Waals surface area contributed by atoms with Gasteiger partial charge in [-0.3, -0.25) is 0 Å². The van der Waals surface area contributed by atoms with E-state index in [0.29, 0.717) is 5.56 Å². The maximum absolute atomic E-state index is 9.37. The Morgan fingerprint density at radius 3 is 2.48 bits per heavy atom. The molecule has 3 aromatic carbocycles.